The fourth-order valence-corrected chi connectivity index (χ4v) is 2.28. The molecular weight excluding hydrogens is 266 g/mol. The van der Waals surface area contributed by atoms with Crippen LogP contribution in [0.15, 0.2) is 36.8 Å². The minimum Gasteiger partial charge on any atom is -0.434 e. The molecular formula is C15H19N5O. The van der Waals surface area contributed by atoms with Gasteiger partial charge in [0.2, 0.25) is 5.88 Å². The smallest absolute Gasteiger partial charge is 0.241 e. The SMILES string of the molecule is CCn1cc(Oc2nc3ccccn3c2CC(C)N)cn1. The molecule has 3 aromatic rings. The van der Waals surface area contributed by atoms with E-state index in [-0.39, 0.29) is 6.04 Å². The summed E-state index contributed by atoms with van der Waals surface area (Å²) < 4.78 is 9.74. The number of nitrogens with zero attached hydrogens (tertiary/aromatic N) is 4. The van der Waals surface area contributed by atoms with Crippen LogP contribution in [-0.2, 0) is 13.0 Å². The molecule has 0 aliphatic carbocycles. The zero-order chi connectivity index (χ0) is 14.8. The van der Waals surface area contributed by atoms with Crippen molar-refractivity contribution in [3.8, 4) is 11.6 Å². The van der Waals surface area contributed by atoms with Crippen LogP contribution < -0.4 is 10.5 Å². The number of pyridine rings is 1. The Morgan fingerprint density at radius 3 is 2.95 bits per heavy atom. The molecule has 0 radical (unpaired) electrons. The summed E-state index contributed by atoms with van der Waals surface area (Å²) in [6.07, 6.45) is 6.23. The van der Waals surface area contributed by atoms with Crippen LogP contribution in [0.2, 0.25) is 0 Å². The summed E-state index contributed by atoms with van der Waals surface area (Å²) in [4.78, 5) is 4.54. The average Bonchev–Trinajstić information content (AvgIpc) is 3.05. The first kappa shape index (κ1) is 13.6. The van der Waals surface area contributed by atoms with Crippen LogP contribution in [0.5, 0.6) is 11.6 Å². The quantitative estimate of drug-likeness (QED) is 0.780. The molecule has 2 N–H and O–H groups in total. The maximum atomic E-state index is 5.95. The number of rotatable bonds is 5. The van der Waals surface area contributed by atoms with E-state index in [1.807, 2.05) is 53.5 Å². The summed E-state index contributed by atoms with van der Waals surface area (Å²) in [7, 11) is 0. The molecule has 110 valence electrons. The summed E-state index contributed by atoms with van der Waals surface area (Å²) in [5.41, 5.74) is 7.78. The largest absolute Gasteiger partial charge is 0.434 e. The number of hydrogen-bond acceptors (Lipinski definition) is 4. The second-order valence-electron chi connectivity index (χ2n) is 5.11. The van der Waals surface area contributed by atoms with Gasteiger partial charge >= 0.3 is 0 Å². The van der Waals surface area contributed by atoms with Gasteiger partial charge in [-0.1, -0.05) is 6.07 Å². The minimum atomic E-state index is 0.0332. The molecule has 0 fully saturated rings. The molecule has 3 aromatic heterocycles. The number of fused-ring (bicyclic) bond motifs is 1. The van der Waals surface area contributed by atoms with Gasteiger partial charge in [-0.05, 0) is 26.0 Å². The molecule has 3 rings (SSSR count). The third-order valence-corrected chi connectivity index (χ3v) is 3.26. The first-order valence-corrected chi connectivity index (χ1v) is 7.09. The molecule has 1 atom stereocenters. The summed E-state index contributed by atoms with van der Waals surface area (Å²) in [6.45, 7) is 4.81. The van der Waals surface area contributed by atoms with Crippen LogP contribution in [0.25, 0.3) is 5.65 Å². The van der Waals surface area contributed by atoms with E-state index in [0.717, 1.165) is 17.9 Å². The number of imidazole rings is 1. The topological polar surface area (TPSA) is 70.4 Å². The first-order valence-electron chi connectivity index (χ1n) is 7.09. The predicted octanol–water partition coefficient (Wildman–Crippen LogP) is 2.23. The van der Waals surface area contributed by atoms with Crippen molar-refractivity contribution in [2.24, 2.45) is 5.73 Å². The van der Waals surface area contributed by atoms with Crippen LogP contribution in [-0.4, -0.2) is 25.2 Å². The Balaban J connectivity index is 1.99. The average molecular weight is 285 g/mol. The molecule has 0 aliphatic heterocycles. The van der Waals surface area contributed by atoms with Crippen LogP contribution >= 0.6 is 0 Å². The zero-order valence-electron chi connectivity index (χ0n) is 12.2. The maximum absolute atomic E-state index is 5.95. The normalized spacial score (nSPS) is 12.7. The summed E-state index contributed by atoms with van der Waals surface area (Å²) in [6, 6.07) is 5.91. The molecule has 21 heavy (non-hydrogen) atoms. The highest BCUT2D eigenvalue weighted by Gasteiger charge is 2.16. The Hall–Kier alpha value is -2.34. The van der Waals surface area contributed by atoms with Gasteiger partial charge in [0.25, 0.3) is 0 Å². The van der Waals surface area contributed by atoms with Crippen molar-refractivity contribution >= 4 is 5.65 Å². The molecule has 0 saturated heterocycles. The highest BCUT2D eigenvalue weighted by molar-refractivity contribution is 5.46. The van der Waals surface area contributed by atoms with Gasteiger partial charge < -0.3 is 14.9 Å². The molecule has 1 unspecified atom stereocenters. The van der Waals surface area contributed by atoms with Gasteiger partial charge in [-0.15, -0.1) is 0 Å². The lowest BCUT2D eigenvalue weighted by Crippen LogP contribution is -2.19. The maximum Gasteiger partial charge on any atom is 0.241 e. The van der Waals surface area contributed by atoms with E-state index < -0.39 is 0 Å². The van der Waals surface area contributed by atoms with Crippen molar-refractivity contribution in [3.05, 3.63) is 42.5 Å². The number of hydrogen-bond donors (Lipinski definition) is 1. The van der Waals surface area contributed by atoms with E-state index >= 15 is 0 Å². The molecule has 0 spiro atoms. The Bertz CT molecular complexity index is 743. The molecule has 0 aliphatic rings. The van der Waals surface area contributed by atoms with Gasteiger partial charge in [0.05, 0.1) is 18.1 Å². The predicted molar refractivity (Wildman–Crippen MR) is 80.5 cm³/mol. The van der Waals surface area contributed by atoms with Crippen LogP contribution in [0.1, 0.15) is 19.5 Å². The lowest BCUT2D eigenvalue weighted by molar-refractivity contribution is 0.455. The zero-order valence-corrected chi connectivity index (χ0v) is 12.2. The van der Waals surface area contributed by atoms with E-state index in [2.05, 4.69) is 10.1 Å². The van der Waals surface area contributed by atoms with Crippen molar-refractivity contribution in [2.45, 2.75) is 32.9 Å². The van der Waals surface area contributed by atoms with E-state index in [9.17, 15) is 0 Å². The van der Waals surface area contributed by atoms with Gasteiger partial charge in [-0.2, -0.15) is 10.1 Å². The second kappa shape index (κ2) is 5.57. The van der Waals surface area contributed by atoms with Gasteiger partial charge in [0.15, 0.2) is 5.75 Å². The summed E-state index contributed by atoms with van der Waals surface area (Å²) in [5, 5.41) is 4.21. The first-order chi connectivity index (χ1) is 10.2. The fourth-order valence-electron chi connectivity index (χ4n) is 2.28. The highest BCUT2D eigenvalue weighted by Crippen LogP contribution is 2.26. The minimum absolute atomic E-state index is 0.0332. The van der Waals surface area contributed by atoms with Crippen LogP contribution in [0.3, 0.4) is 0 Å². The number of aromatic nitrogens is 4. The third kappa shape index (κ3) is 2.75. The van der Waals surface area contributed by atoms with Gasteiger partial charge in [0, 0.05) is 25.2 Å². The van der Waals surface area contributed by atoms with Crippen molar-refractivity contribution in [3.63, 3.8) is 0 Å². The molecule has 0 saturated carbocycles. The molecule has 6 nitrogen and oxygen atoms in total. The van der Waals surface area contributed by atoms with Gasteiger partial charge in [0.1, 0.15) is 5.65 Å². The summed E-state index contributed by atoms with van der Waals surface area (Å²) >= 11 is 0. The highest BCUT2D eigenvalue weighted by atomic mass is 16.5. The van der Waals surface area contributed by atoms with Crippen molar-refractivity contribution < 1.29 is 4.74 Å². The molecule has 0 amide bonds. The van der Waals surface area contributed by atoms with Crippen molar-refractivity contribution in [2.75, 3.05) is 0 Å². The van der Waals surface area contributed by atoms with Crippen molar-refractivity contribution in [1.29, 1.82) is 0 Å². The lowest BCUT2D eigenvalue weighted by atomic mass is 10.2. The standard InChI is InChI=1S/C15H19N5O/c1-3-19-10-12(9-17-19)21-15-13(8-11(2)16)20-7-5-4-6-14(20)18-15/h4-7,9-11H,3,8,16H2,1-2H3. The Labute approximate surface area is 123 Å². The third-order valence-electron chi connectivity index (χ3n) is 3.26. The fraction of sp³-hybridized carbons (Fsp3) is 0.333. The number of aryl methyl sites for hydroxylation is 1. The number of nitrogens with two attached hydrogens (primary N) is 1. The molecule has 6 heteroatoms. The molecule has 0 aromatic carbocycles. The summed E-state index contributed by atoms with van der Waals surface area (Å²) in [5.74, 6) is 1.28. The van der Waals surface area contributed by atoms with E-state index in [4.69, 9.17) is 10.5 Å². The van der Waals surface area contributed by atoms with Crippen LogP contribution in [0.4, 0.5) is 0 Å². The monoisotopic (exact) mass is 285 g/mol. The Morgan fingerprint density at radius 1 is 1.38 bits per heavy atom. The van der Waals surface area contributed by atoms with Crippen LogP contribution in [0, 0.1) is 0 Å². The van der Waals surface area contributed by atoms with Gasteiger partial charge in [-0.25, -0.2) is 0 Å². The molecule has 0 bridgehead atoms. The van der Waals surface area contributed by atoms with Crippen molar-refractivity contribution in [1.82, 2.24) is 19.2 Å². The van der Waals surface area contributed by atoms with E-state index in [1.165, 1.54) is 0 Å². The lowest BCUT2D eigenvalue weighted by Gasteiger charge is -2.07. The van der Waals surface area contributed by atoms with Gasteiger partial charge in [-0.3, -0.25) is 4.68 Å². The second-order valence-corrected chi connectivity index (χ2v) is 5.11. The van der Waals surface area contributed by atoms with E-state index in [1.54, 1.807) is 6.20 Å². The number of ether oxygens (including phenoxy) is 1. The Morgan fingerprint density at radius 2 is 2.24 bits per heavy atom. The van der Waals surface area contributed by atoms with E-state index in [0.29, 0.717) is 18.1 Å². The Kier molecular flexibility index (Phi) is 3.62. The molecule has 3 heterocycles.